The molecule has 2 heterocycles. The van der Waals surface area contributed by atoms with Crippen LogP contribution in [0.15, 0.2) is 109 Å². The first-order valence-electron chi connectivity index (χ1n) is 14.6. The van der Waals surface area contributed by atoms with E-state index in [1.165, 1.54) is 9.37 Å². The first kappa shape index (κ1) is 28.4. The van der Waals surface area contributed by atoms with Crippen molar-refractivity contribution in [3.63, 3.8) is 0 Å². The van der Waals surface area contributed by atoms with E-state index in [0.717, 1.165) is 78.8 Å². The molecular weight excluding hydrogens is 576 g/mol. The zero-order chi connectivity index (χ0) is 31.6. The van der Waals surface area contributed by atoms with E-state index < -0.39 is 0 Å². The number of hydrazine groups is 2. The van der Waals surface area contributed by atoms with Crippen LogP contribution in [-0.2, 0) is 13.2 Å². The Morgan fingerprint density at radius 3 is 1.41 bits per heavy atom. The summed E-state index contributed by atoms with van der Waals surface area (Å²) in [7, 11) is 0. The second-order valence-corrected chi connectivity index (χ2v) is 11.0. The lowest BCUT2D eigenvalue weighted by molar-refractivity contribution is -0.442. The molecule has 10 heteroatoms. The minimum atomic E-state index is 0.438. The molecule has 2 aromatic heterocycles. The number of hydrogen-bond acceptors (Lipinski definition) is 6. The van der Waals surface area contributed by atoms with Crippen molar-refractivity contribution in [2.75, 3.05) is 0 Å². The molecule has 0 aliphatic heterocycles. The molecule has 0 spiro atoms. The largest absolute Gasteiger partial charge is 0.489 e. The SMILES string of the molecule is C=[N+](N)c1ccc2nc(-c3ccc(OCc4cccc(COc5ccc(-c6nc7ccc([N+](=C)N)cc7[nH]6)cc5)c4)cc3)[nH]c2c1. The highest BCUT2D eigenvalue weighted by molar-refractivity contribution is 5.82. The van der Waals surface area contributed by atoms with Gasteiger partial charge in [-0.3, -0.25) is 0 Å². The highest BCUT2D eigenvalue weighted by Gasteiger charge is 2.11. The smallest absolute Gasteiger partial charge is 0.236 e. The van der Waals surface area contributed by atoms with Gasteiger partial charge >= 0.3 is 0 Å². The lowest BCUT2D eigenvalue weighted by Crippen LogP contribution is -2.09. The molecule has 226 valence electrons. The standard InChI is InChI=1S/C36H32N8O2/c1-43(37)27-10-16-31-33(19-27)41-35(39-31)25-6-12-29(13-7-25)45-21-23-4-3-5-24(18-23)22-46-30-14-8-26(9-15-30)36-40-32-17-11-28(44(2)38)20-34(32)42-36/h3-20H,1-2,21-22,37-38H2,(H,39,41)(H,40,42)/q+2. The van der Waals surface area contributed by atoms with Gasteiger partial charge in [-0.15, -0.1) is 0 Å². The van der Waals surface area contributed by atoms with Crippen LogP contribution in [0.25, 0.3) is 44.8 Å². The molecule has 0 bridgehead atoms. The molecule has 0 unspecified atom stereocenters. The number of fused-ring (bicyclic) bond motifs is 2. The first-order valence-corrected chi connectivity index (χ1v) is 14.6. The predicted molar refractivity (Wildman–Crippen MR) is 181 cm³/mol. The number of nitrogens with zero attached hydrogens (tertiary/aromatic N) is 4. The van der Waals surface area contributed by atoms with E-state index in [0.29, 0.717) is 13.2 Å². The second-order valence-electron chi connectivity index (χ2n) is 11.0. The highest BCUT2D eigenvalue weighted by Crippen LogP contribution is 2.27. The maximum absolute atomic E-state index is 6.08. The Balaban J connectivity index is 0.947. The quantitative estimate of drug-likeness (QED) is 0.0617. The number of hydrogen-bond donors (Lipinski definition) is 4. The van der Waals surface area contributed by atoms with Crippen LogP contribution in [0, 0.1) is 0 Å². The van der Waals surface area contributed by atoms with Crippen LogP contribution in [0.1, 0.15) is 11.1 Å². The number of nitrogens with one attached hydrogen (secondary N) is 2. The lowest BCUT2D eigenvalue weighted by Gasteiger charge is -2.10. The van der Waals surface area contributed by atoms with Gasteiger partial charge in [0.15, 0.2) is 13.4 Å². The van der Waals surface area contributed by atoms with Crippen molar-refractivity contribution in [2.45, 2.75) is 13.2 Å². The van der Waals surface area contributed by atoms with Gasteiger partial charge in [-0.05, 0) is 77.9 Å². The van der Waals surface area contributed by atoms with Crippen molar-refractivity contribution in [1.29, 1.82) is 0 Å². The third-order valence-corrected chi connectivity index (χ3v) is 7.65. The summed E-state index contributed by atoms with van der Waals surface area (Å²) >= 11 is 0. The summed E-state index contributed by atoms with van der Waals surface area (Å²) < 4.78 is 14.8. The van der Waals surface area contributed by atoms with Gasteiger partial charge in [-0.25, -0.2) is 21.7 Å². The van der Waals surface area contributed by atoms with Crippen LogP contribution in [0.5, 0.6) is 11.5 Å². The van der Waals surface area contributed by atoms with Gasteiger partial charge < -0.3 is 19.4 Å². The monoisotopic (exact) mass is 608 g/mol. The molecule has 0 amide bonds. The number of imidazole rings is 2. The molecule has 7 aromatic rings. The van der Waals surface area contributed by atoms with Gasteiger partial charge in [-0.1, -0.05) is 27.6 Å². The zero-order valence-corrected chi connectivity index (χ0v) is 25.0. The molecule has 7 rings (SSSR count). The van der Waals surface area contributed by atoms with Crippen LogP contribution < -0.4 is 21.2 Å². The lowest BCUT2D eigenvalue weighted by atomic mass is 10.1. The van der Waals surface area contributed by atoms with Gasteiger partial charge in [0.05, 0.1) is 22.1 Å². The van der Waals surface area contributed by atoms with Gasteiger partial charge in [0.25, 0.3) is 0 Å². The van der Waals surface area contributed by atoms with Crippen molar-refractivity contribution < 1.29 is 18.8 Å². The van der Waals surface area contributed by atoms with Crippen molar-refractivity contribution in [3.05, 3.63) is 120 Å². The van der Waals surface area contributed by atoms with Crippen LogP contribution in [0.2, 0.25) is 0 Å². The van der Waals surface area contributed by atoms with Crippen LogP contribution in [0.3, 0.4) is 0 Å². The summed E-state index contributed by atoms with van der Waals surface area (Å²) in [6.45, 7) is 8.33. The fourth-order valence-electron chi connectivity index (χ4n) is 5.19. The minimum absolute atomic E-state index is 0.438. The molecule has 0 fully saturated rings. The van der Waals surface area contributed by atoms with E-state index in [1.54, 1.807) is 0 Å². The predicted octanol–water partition coefficient (Wildman–Crippen LogP) is 6.37. The van der Waals surface area contributed by atoms with Crippen molar-refractivity contribution in [2.24, 2.45) is 11.7 Å². The van der Waals surface area contributed by atoms with Crippen LogP contribution in [-0.4, -0.2) is 42.7 Å². The van der Waals surface area contributed by atoms with E-state index in [9.17, 15) is 0 Å². The summed E-state index contributed by atoms with van der Waals surface area (Å²) in [5.41, 5.74) is 9.12. The van der Waals surface area contributed by atoms with E-state index in [-0.39, 0.29) is 0 Å². The third-order valence-electron chi connectivity index (χ3n) is 7.65. The number of nitrogens with two attached hydrogens (primary N) is 2. The molecule has 0 aliphatic carbocycles. The number of ether oxygens (including phenoxy) is 2. The van der Waals surface area contributed by atoms with Gasteiger partial charge in [-0.2, -0.15) is 0 Å². The van der Waals surface area contributed by atoms with Crippen LogP contribution >= 0.6 is 0 Å². The molecule has 0 saturated carbocycles. The normalized spacial score (nSPS) is 11.1. The van der Waals surface area contributed by atoms with Crippen LogP contribution in [0.4, 0.5) is 11.4 Å². The Morgan fingerprint density at radius 2 is 1.00 bits per heavy atom. The summed E-state index contributed by atoms with van der Waals surface area (Å²) in [4.78, 5) is 16.1. The Morgan fingerprint density at radius 1 is 0.565 bits per heavy atom. The number of rotatable bonds is 10. The fourth-order valence-corrected chi connectivity index (χ4v) is 5.19. The molecule has 0 saturated heterocycles. The Hall–Kier alpha value is -6.42. The molecule has 10 nitrogen and oxygen atoms in total. The average Bonchev–Trinajstić information content (AvgIpc) is 3.71. The highest BCUT2D eigenvalue weighted by atomic mass is 16.5. The number of aromatic nitrogens is 4. The van der Waals surface area contributed by atoms with Gasteiger partial charge in [0.2, 0.25) is 11.4 Å². The molecular formula is C36H32N8O2+2. The van der Waals surface area contributed by atoms with E-state index in [2.05, 4.69) is 29.5 Å². The summed E-state index contributed by atoms with van der Waals surface area (Å²) in [5, 5.41) is 0. The number of H-pyrrole nitrogens is 2. The van der Waals surface area contributed by atoms with E-state index >= 15 is 0 Å². The number of benzene rings is 5. The topological polar surface area (TPSA) is 134 Å². The zero-order valence-electron chi connectivity index (χ0n) is 25.0. The summed E-state index contributed by atoms with van der Waals surface area (Å²) in [6.07, 6.45) is 0. The second kappa shape index (κ2) is 11.9. The molecule has 0 atom stereocenters. The maximum atomic E-state index is 6.08. The fraction of sp³-hybridized carbons (Fsp3) is 0.0556. The minimum Gasteiger partial charge on any atom is -0.489 e. The molecule has 46 heavy (non-hydrogen) atoms. The molecule has 6 N–H and O–H groups in total. The number of hydrazone groups is 2. The summed E-state index contributed by atoms with van der Waals surface area (Å²) in [6, 6.07) is 35.4. The molecule has 0 aliphatic rings. The Kier molecular flexibility index (Phi) is 7.35. The average molecular weight is 609 g/mol. The summed E-state index contributed by atoms with van der Waals surface area (Å²) in [5.74, 6) is 14.6. The Bertz CT molecular complexity index is 2060. The van der Waals surface area contributed by atoms with Gasteiger partial charge in [0, 0.05) is 35.4 Å². The van der Waals surface area contributed by atoms with Crippen molar-refractivity contribution in [3.8, 4) is 34.3 Å². The maximum Gasteiger partial charge on any atom is 0.236 e. The molecule has 0 radical (unpaired) electrons. The molecule has 5 aromatic carbocycles. The first-order chi connectivity index (χ1) is 22.4. The number of aromatic amines is 2. The van der Waals surface area contributed by atoms with Gasteiger partial charge in [0.1, 0.15) is 36.4 Å². The third kappa shape index (κ3) is 6.00. The van der Waals surface area contributed by atoms with Crippen molar-refractivity contribution >= 4 is 46.9 Å². The Labute approximate surface area is 264 Å². The van der Waals surface area contributed by atoms with Crippen molar-refractivity contribution in [1.82, 2.24) is 19.9 Å². The van der Waals surface area contributed by atoms with E-state index in [4.69, 9.17) is 31.1 Å². The van der Waals surface area contributed by atoms with E-state index in [1.807, 2.05) is 103 Å².